The van der Waals surface area contributed by atoms with E-state index in [-0.39, 0.29) is 37.0 Å². The molecule has 0 saturated heterocycles. The van der Waals surface area contributed by atoms with Gasteiger partial charge in [0.15, 0.2) is 0 Å². The van der Waals surface area contributed by atoms with Gasteiger partial charge in [0.1, 0.15) is 0 Å². The molecule has 2 aromatic carbocycles. The third kappa shape index (κ3) is 4.04. The number of allylic oxidation sites excluding steroid dienone is 4. The molecule has 2 aliphatic carbocycles. The topological polar surface area (TPSA) is 0 Å². The zero-order valence-electron chi connectivity index (χ0n) is 20.7. The van der Waals surface area contributed by atoms with Crippen LogP contribution in [-0.4, -0.2) is 0 Å². The summed E-state index contributed by atoms with van der Waals surface area (Å²) >= 11 is 0. The van der Waals surface area contributed by atoms with Gasteiger partial charge >= 0.3 is 0 Å². The van der Waals surface area contributed by atoms with Crippen molar-refractivity contribution in [2.24, 2.45) is 0 Å². The summed E-state index contributed by atoms with van der Waals surface area (Å²) in [5.74, 6) is 0. The molecule has 2 aliphatic rings. The number of hydrogen-bond donors (Lipinski definition) is 0. The monoisotopic (exact) mass is 485 g/mol. The predicted octanol–water partition coefficient (Wildman–Crippen LogP) is 6.43. The quantitative estimate of drug-likeness (QED) is 0.348. The van der Waals surface area contributed by atoms with Crippen LogP contribution in [0.3, 0.4) is 0 Å². The minimum absolute atomic E-state index is 0. The molecule has 0 fully saturated rings. The second kappa shape index (κ2) is 8.15. The number of rotatable bonds is 1. The van der Waals surface area contributed by atoms with E-state index in [0.717, 1.165) is 6.42 Å². The van der Waals surface area contributed by atoms with Crippen LogP contribution in [0.2, 0.25) is 0 Å². The van der Waals surface area contributed by atoms with E-state index in [1.165, 1.54) is 59.8 Å². The van der Waals surface area contributed by atoms with Gasteiger partial charge in [-0.05, 0) is 38.0 Å². The first-order valence-corrected chi connectivity index (χ1v) is 11.2. The molecule has 0 spiro atoms. The Hall–Kier alpha value is -1.46. The summed E-state index contributed by atoms with van der Waals surface area (Å²) in [6.07, 6.45) is 11.7. The Morgan fingerprint density at radius 2 is 1.65 bits per heavy atom. The minimum Gasteiger partial charge on any atom is -0.123 e. The van der Waals surface area contributed by atoms with Crippen LogP contribution in [0.25, 0.3) is 17.2 Å². The van der Waals surface area contributed by atoms with E-state index < -0.39 is 0 Å². The summed E-state index contributed by atoms with van der Waals surface area (Å²) in [7, 11) is 0. The van der Waals surface area contributed by atoms with Crippen molar-refractivity contribution in [1.29, 1.82) is 0 Å². The largest absolute Gasteiger partial charge is 0.123 e. The summed E-state index contributed by atoms with van der Waals surface area (Å²) in [6, 6.07) is 7.01. The predicted molar refractivity (Wildman–Crippen MR) is 131 cm³/mol. The molecule has 0 aromatic heterocycles. The third-order valence-electron chi connectivity index (χ3n) is 6.51. The van der Waals surface area contributed by atoms with E-state index >= 15 is 0 Å². The van der Waals surface area contributed by atoms with Crippen LogP contribution < -0.4 is 10.4 Å². The van der Waals surface area contributed by atoms with Crippen molar-refractivity contribution in [2.45, 2.75) is 79.6 Å². The Bertz CT molecular complexity index is 1330. The number of hydrogen-bond acceptors (Lipinski definition) is 0. The Balaban J connectivity index is 0.00000272. The molecule has 31 heavy (non-hydrogen) atoms. The molecular formula is C30H35Zr-. The summed E-state index contributed by atoms with van der Waals surface area (Å²) in [5, 5.41) is 5.39. The van der Waals surface area contributed by atoms with E-state index in [9.17, 15) is 0 Å². The molecule has 1 heteroatoms. The van der Waals surface area contributed by atoms with Gasteiger partial charge in [-0.15, -0.1) is 33.4 Å². The zero-order chi connectivity index (χ0) is 22.0. The minimum atomic E-state index is 0. The van der Waals surface area contributed by atoms with Gasteiger partial charge in [0.05, 0.1) is 0 Å². The van der Waals surface area contributed by atoms with E-state index in [0.29, 0.717) is 0 Å². The van der Waals surface area contributed by atoms with Gasteiger partial charge in [-0.3, -0.25) is 0 Å². The van der Waals surface area contributed by atoms with Gasteiger partial charge in [0.2, 0.25) is 0 Å². The summed E-state index contributed by atoms with van der Waals surface area (Å²) in [4.78, 5) is 0. The van der Waals surface area contributed by atoms with Crippen LogP contribution in [0.5, 0.6) is 0 Å². The first kappa shape index (κ1) is 24.2. The molecule has 0 saturated carbocycles. The summed E-state index contributed by atoms with van der Waals surface area (Å²) in [5.41, 5.74) is 10.0. The smallest absolute Gasteiger partial charge is 0 e. The van der Waals surface area contributed by atoms with Crippen molar-refractivity contribution in [3.05, 3.63) is 85.1 Å². The summed E-state index contributed by atoms with van der Waals surface area (Å²) in [6.45, 7) is 20.8. The average molecular weight is 487 g/mol. The fraction of sp³-hybridized carbons (Fsp3) is 0.400. The molecule has 4 rings (SSSR count). The second-order valence-electron chi connectivity index (χ2n) is 11.2. The molecule has 0 N–H and O–H groups in total. The Morgan fingerprint density at radius 1 is 0.968 bits per heavy atom. The molecule has 0 heterocycles. The molecule has 0 bridgehead atoms. The van der Waals surface area contributed by atoms with Crippen molar-refractivity contribution in [3.8, 4) is 0 Å². The van der Waals surface area contributed by atoms with Crippen molar-refractivity contribution in [2.75, 3.05) is 0 Å². The second-order valence-corrected chi connectivity index (χ2v) is 11.2. The van der Waals surface area contributed by atoms with Crippen molar-refractivity contribution >= 4 is 17.2 Å². The van der Waals surface area contributed by atoms with Crippen molar-refractivity contribution < 1.29 is 26.2 Å². The Kier molecular flexibility index (Phi) is 6.36. The summed E-state index contributed by atoms with van der Waals surface area (Å²) < 4.78 is 0. The molecular weight excluding hydrogens is 452 g/mol. The molecule has 0 amide bonds. The fourth-order valence-corrected chi connectivity index (χ4v) is 5.25. The van der Waals surface area contributed by atoms with Crippen molar-refractivity contribution in [3.63, 3.8) is 0 Å². The van der Waals surface area contributed by atoms with E-state index in [4.69, 9.17) is 0 Å². The van der Waals surface area contributed by atoms with Gasteiger partial charge in [0, 0.05) is 26.2 Å². The van der Waals surface area contributed by atoms with Crippen molar-refractivity contribution in [1.82, 2.24) is 0 Å². The standard InChI is InChI=1S/C30H35.Zr/c1-18(2)25-19(3)28(30(7,8)9)26(20-12-10-11-13-20)24-17-21-16-22(29(4,5)6)14-15-23(21)27(24)25;/h10-12,14-16H,13H2,1-9H3;/q-1;. The molecule has 0 radical (unpaired) electrons. The fourth-order valence-electron chi connectivity index (χ4n) is 5.25. The zero-order valence-corrected chi connectivity index (χ0v) is 23.1. The average Bonchev–Trinajstić information content (AvgIpc) is 3.25. The molecule has 160 valence electrons. The van der Waals surface area contributed by atoms with Crippen LogP contribution >= 0.6 is 0 Å². The van der Waals surface area contributed by atoms with Gasteiger partial charge < -0.3 is 0 Å². The first-order chi connectivity index (χ1) is 13.9. The van der Waals surface area contributed by atoms with Crippen LogP contribution in [-0.2, 0) is 37.0 Å². The van der Waals surface area contributed by atoms with Crippen LogP contribution in [0, 0.1) is 17.4 Å². The Morgan fingerprint density at radius 3 is 2.16 bits per heavy atom. The maximum Gasteiger partial charge on any atom is 0 e. The van der Waals surface area contributed by atoms with Gasteiger partial charge in [0.25, 0.3) is 0 Å². The van der Waals surface area contributed by atoms with Crippen LogP contribution in [0.1, 0.15) is 89.6 Å². The molecule has 0 aliphatic heterocycles. The molecule has 2 aromatic rings. The van der Waals surface area contributed by atoms with E-state index in [1.807, 2.05) is 0 Å². The Labute approximate surface area is 207 Å². The van der Waals surface area contributed by atoms with Gasteiger partial charge in [-0.1, -0.05) is 111 Å². The molecule has 0 nitrogen and oxygen atoms in total. The van der Waals surface area contributed by atoms with E-state index in [1.54, 1.807) is 0 Å². The normalized spacial score (nSPS) is 14.5. The molecule has 0 atom stereocenters. The molecule has 0 unspecified atom stereocenters. The third-order valence-corrected chi connectivity index (χ3v) is 6.51. The van der Waals surface area contributed by atoms with E-state index in [2.05, 4.69) is 105 Å². The van der Waals surface area contributed by atoms with Gasteiger partial charge in [-0.25, -0.2) is 0 Å². The first-order valence-electron chi connectivity index (χ1n) is 11.2. The number of benzene rings is 2. The van der Waals surface area contributed by atoms with Gasteiger partial charge in [-0.2, -0.15) is 0 Å². The van der Waals surface area contributed by atoms with Crippen LogP contribution in [0.15, 0.2) is 36.4 Å². The number of fused-ring (bicyclic) bond motifs is 2. The van der Waals surface area contributed by atoms with Crippen LogP contribution in [0.4, 0.5) is 0 Å². The maximum atomic E-state index is 3.89. The maximum absolute atomic E-state index is 3.89. The SMILES string of the molecule is CC(C)=c1c(C)c(C(C)(C)C)c(C2=CC=CC2)c2c1=c1ccc(C(C)(C)C)cc1=[C-]2.[Zr].